The summed E-state index contributed by atoms with van der Waals surface area (Å²) in [7, 11) is 0. The second kappa shape index (κ2) is 7.87. The van der Waals surface area contributed by atoms with Gasteiger partial charge in [0.1, 0.15) is 5.69 Å². The van der Waals surface area contributed by atoms with Gasteiger partial charge >= 0.3 is 5.69 Å². The molecule has 0 saturated heterocycles. The summed E-state index contributed by atoms with van der Waals surface area (Å²) in [6.45, 7) is 5.82. The van der Waals surface area contributed by atoms with Crippen molar-refractivity contribution in [1.29, 1.82) is 0 Å². The van der Waals surface area contributed by atoms with Gasteiger partial charge in [-0.25, -0.2) is 0 Å². The highest BCUT2D eigenvalue weighted by Crippen LogP contribution is 2.28. The fourth-order valence-corrected chi connectivity index (χ4v) is 1.66. The van der Waals surface area contributed by atoms with Gasteiger partial charge in [0.25, 0.3) is 5.69 Å². The molecule has 0 aliphatic rings. The normalized spacial score (nSPS) is 11.0. The molecule has 0 amide bonds. The Morgan fingerprint density at radius 1 is 1.23 bits per heavy atom. The van der Waals surface area contributed by atoms with E-state index in [1.54, 1.807) is 0 Å². The molecule has 8 nitrogen and oxygen atoms in total. The standard InChI is InChI=1S/C14H18N4O4/c1-10(2)5-4-6-11(3)15-16-13-8-7-12(17(19)20)9-14(13)18(21)22/h5,7-9,16H,4,6H2,1-3H3/b15-11+. The van der Waals surface area contributed by atoms with Crippen LogP contribution < -0.4 is 5.43 Å². The Labute approximate surface area is 127 Å². The summed E-state index contributed by atoms with van der Waals surface area (Å²) in [6.07, 6.45) is 3.63. The molecule has 0 bridgehead atoms. The van der Waals surface area contributed by atoms with Crippen molar-refractivity contribution < 1.29 is 9.85 Å². The van der Waals surface area contributed by atoms with Gasteiger partial charge in [0.15, 0.2) is 0 Å². The van der Waals surface area contributed by atoms with Crippen molar-refractivity contribution in [3.8, 4) is 0 Å². The molecule has 8 heteroatoms. The van der Waals surface area contributed by atoms with Crippen LogP contribution in [0.3, 0.4) is 0 Å². The number of nitro groups is 2. The number of nitro benzene ring substituents is 2. The van der Waals surface area contributed by atoms with Crippen LogP contribution in [0, 0.1) is 20.2 Å². The smallest absolute Gasteiger partial charge is 0.272 e. The monoisotopic (exact) mass is 306 g/mol. The number of hydrazone groups is 1. The number of nitrogens with one attached hydrogen (secondary N) is 1. The number of anilines is 1. The average molecular weight is 306 g/mol. The maximum atomic E-state index is 11.0. The third-order valence-electron chi connectivity index (χ3n) is 2.81. The molecule has 1 aromatic rings. The molecule has 0 saturated carbocycles. The maximum absolute atomic E-state index is 11.0. The minimum atomic E-state index is -0.677. The van der Waals surface area contributed by atoms with Crippen LogP contribution in [0.25, 0.3) is 0 Å². The summed E-state index contributed by atoms with van der Waals surface area (Å²) >= 11 is 0. The van der Waals surface area contributed by atoms with Crippen LogP contribution in [0.15, 0.2) is 34.9 Å². The number of allylic oxidation sites excluding steroid dienone is 2. The Morgan fingerprint density at radius 3 is 2.45 bits per heavy atom. The van der Waals surface area contributed by atoms with Crippen molar-refractivity contribution in [2.75, 3.05) is 5.43 Å². The van der Waals surface area contributed by atoms with Gasteiger partial charge < -0.3 is 0 Å². The van der Waals surface area contributed by atoms with E-state index in [2.05, 4.69) is 16.6 Å². The van der Waals surface area contributed by atoms with Gasteiger partial charge in [0, 0.05) is 11.8 Å². The molecule has 0 radical (unpaired) electrons. The second-order valence-electron chi connectivity index (χ2n) is 4.99. The Balaban J connectivity index is 2.86. The minimum absolute atomic E-state index is 0.122. The fraction of sp³-hybridized carbons (Fsp3) is 0.357. The SMILES string of the molecule is CC(C)=CCC/C(C)=N/Nc1ccc([N+](=O)[O-])cc1[N+](=O)[O-]. The number of benzene rings is 1. The predicted octanol–water partition coefficient (Wildman–Crippen LogP) is 4.04. The lowest BCUT2D eigenvalue weighted by atomic mass is 10.2. The lowest BCUT2D eigenvalue weighted by molar-refractivity contribution is -0.393. The summed E-state index contributed by atoms with van der Waals surface area (Å²) in [6, 6.07) is 3.39. The summed E-state index contributed by atoms with van der Waals surface area (Å²) < 4.78 is 0. The zero-order valence-electron chi connectivity index (χ0n) is 12.7. The molecule has 1 rings (SSSR count). The second-order valence-corrected chi connectivity index (χ2v) is 4.99. The van der Waals surface area contributed by atoms with E-state index in [9.17, 15) is 20.2 Å². The first-order valence-electron chi connectivity index (χ1n) is 6.66. The third kappa shape index (κ3) is 5.31. The molecular formula is C14H18N4O4. The number of nitrogens with zero attached hydrogens (tertiary/aromatic N) is 3. The quantitative estimate of drug-likeness (QED) is 0.354. The van der Waals surface area contributed by atoms with Gasteiger partial charge in [-0.05, 0) is 39.7 Å². The Morgan fingerprint density at radius 2 is 1.91 bits per heavy atom. The molecule has 0 heterocycles. The Bertz CT molecular complexity index is 634. The van der Waals surface area contributed by atoms with Gasteiger partial charge in [0.05, 0.1) is 15.9 Å². The van der Waals surface area contributed by atoms with Crippen molar-refractivity contribution in [2.24, 2.45) is 5.10 Å². The van der Waals surface area contributed by atoms with E-state index in [-0.39, 0.29) is 17.1 Å². The fourth-order valence-electron chi connectivity index (χ4n) is 1.66. The molecule has 1 N–H and O–H groups in total. The summed E-state index contributed by atoms with van der Waals surface area (Å²) in [5.41, 5.74) is 4.01. The predicted molar refractivity (Wildman–Crippen MR) is 85.1 cm³/mol. The molecular weight excluding hydrogens is 288 g/mol. The molecule has 0 atom stereocenters. The van der Waals surface area contributed by atoms with E-state index in [1.165, 1.54) is 17.7 Å². The van der Waals surface area contributed by atoms with Gasteiger partial charge in [-0.15, -0.1) is 0 Å². The molecule has 0 spiro atoms. The number of rotatable bonds is 7. The lowest BCUT2D eigenvalue weighted by Gasteiger charge is -2.04. The van der Waals surface area contributed by atoms with Crippen molar-refractivity contribution >= 4 is 22.8 Å². The van der Waals surface area contributed by atoms with Crippen LogP contribution in [0.2, 0.25) is 0 Å². The molecule has 0 aromatic heterocycles. The Kier molecular flexibility index (Phi) is 6.18. The molecule has 118 valence electrons. The summed E-state index contributed by atoms with van der Waals surface area (Å²) in [5.74, 6) is 0. The van der Waals surface area contributed by atoms with Crippen molar-refractivity contribution in [1.82, 2.24) is 0 Å². The van der Waals surface area contributed by atoms with Crippen LogP contribution >= 0.6 is 0 Å². The number of hydrogen-bond acceptors (Lipinski definition) is 6. The topological polar surface area (TPSA) is 111 Å². The Hall–Kier alpha value is -2.77. The van der Waals surface area contributed by atoms with Crippen LogP contribution in [0.5, 0.6) is 0 Å². The van der Waals surface area contributed by atoms with Crippen LogP contribution in [-0.2, 0) is 0 Å². The largest absolute Gasteiger partial charge is 0.301 e. The van der Waals surface area contributed by atoms with E-state index in [1.807, 2.05) is 20.8 Å². The van der Waals surface area contributed by atoms with Crippen LogP contribution in [0.4, 0.5) is 17.1 Å². The van der Waals surface area contributed by atoms with Gasteiger partial charge in [-0.3, -0.25) is 25.7 Å². The third-order valence-corrected chi connectivity index (χ3v) is 2.81. The molecule has 0 fully saturated rings. The van der Waals surface area contributed by atoms with E-state index in [0.29, 0.717) is 0 Å². The average Bonchev–Trinajstić information content (AvgIpc) is 2.44. The van der Waals surface area contributed by atoms with Crippen LogP contribution in [0.1, 0.15) is 33.6 Å². The highest BCUT2D eigenvalue weighted by molar-refractivity contribution is 5.83. The van der Waals surface area contributed by atoms with Crippen LogP contribution in [-0.4, -0.2) is 15.6 Å². The lowest BCUT2D eigenvalue weighted by Crippen LogP contribution is -2.01. The van der Waals surface area contributed by atoms with Gasteiger partial charge in [0.2, 0.25) is 0 Å². The highest BCUT2D eigenvalue weighted by Gasteiger charge is 2.19. The van der Waals surface area contributed by atoms with Crippen molar-refractivity contribution in [2.45, 2.75) is 33.6 Å². The minimum Gasteiger partial charge on any atom is -0.272 e. The molecule has 22 heavy (non-hydrogen) atoms. The van der Waals surface area contributed by atoms with E-state index >= 15 is 0 Å². The number of non-ortho nitro benzene ring substituents is 1. The van der Waals surface area contributed by atoms with Gasteiger partial charge in [-0.1, -0.05) is 11.6 Å². The maximum Gasteiger partial charge on any atom is 0.301 e. The first-order chi connectivity index (χ1) is 10.3. The molecule has 1 aromatic carbocycles. The highest BCUT2D eigenvalue weighted by atomic mass is 16.6. The van der Waals surface area contributed by atoms with E-state index < -0.39 is 9.85 Å². The molecule has 0 aliphatic carbocycles. The first kappa shape index (κ1) is 17.3. The zero-order chi connectivity index (χ0) is 16.7. The molecule has 0 aliphatic heterocycles. The first-order valence-corrected chi connectivity index (χ1v) is 6.66. The number of hydrogen-bond donors (Lipinski definition) is 1. The zero-order valence-corrected chi connectivity index (χ0v) is 12.7. The summed E-state index contributed by atoms with van der Waals surface area (Å²) in [4.78, 5) is 20.3. The van der Waals surface area contributed by atoms with Gasteiger partial charge in [-0.2, -0.15) is 5.10 Å². The van der Waals surface area contributed by atoms with E-state index in [0.717, 1.165) is 24.6 Å². The molecule has 0 unspecified atom stereocenters. The van der Waals surface area contributed by atoms with Crippen molar-refractivity contribution in [3.05, 3.63) is 50.1 Å². The summed E-state index contributed by atoms with van der Waals surface area (Å²) in [5, 5.41) is 25.7. The van der Waals surface area contributed by atoms with E-state index in [4.69, 9.17) is 0 Å². The van der Waals surface area contributed by atoms with Crippen molar-refractivity contribution in [3.63, 3.8) is 0 Å².